The van der Waals surface area contributed by atoms with Gasteiger partial charge in [0.25, 0.3) is 0 Å². The first-order valence-electron chi connectivity index (χ1n) is 9.38. The molecule has 2 aromatic rings. The maximum Gasteiger partial charge on any atom is 0.225 e. The number of rotatable bonds is 6. The minimum Gasteiger partial charge on any atom is -0.352 e. The Kier molecular flexibility index (Phi) is 6.64. The Hall–Kier alpha value is -2.32. The standard InChI is InChI=1S/C21H24N2O4S2/c1-14-3-5-16(6-4-14)13-22-20(24)9-10-29(26,27)17-7-8-19-18(12-17)23-21(25)11-15(2)28-19/h3-8,12,15H,9-11,13H2,1-2H3,(H,22,24)(H,23,25). The van der Waals surface area contributed by atoms with E-state index in [1.165, 1.54) is 23.9 Å². The van der Waals surface area contributed by atoms with Gasteiger partial charge in [-0.15, -0.1) is 11.8 Å². The van der Waals surface area contributed by atoms with Crippen LogP contribution in [0.25, 0.3) is 0 Å². The first kappa shape index (κ1) is 21.4. The first-order chi connectivity index (χ1) is 13.7. The highest BCUT2D eigenvalue weighted by atomic mass is 32.2. The Balaban J connectivity index is 1.61. The number of sulfone groups is 1. The second-order valence-electron chi connectivity index (χ2n) is 7.17. The highest BCUT2D eigenvalue weighted by Crippen LogP contribution is 2.36. The fourth-order valence-electron chi connectivity index (χ4n) is 2.96. The number of benzene rings is 2. The van der Waals surface area contributed by atoms with E-state index in [9.17, 15) is 18.0 Å². The quantitative estimate of drug-likeness (QED) is 0.731. The zero-order valence-corrected chi connectivity index (χ0v) is 18.0. The summed E-state index contributed by atoms with van der Waals surface area (Å²) in [7, 11) is -3.64. The van der Waals surface area contributed by atoms with Crippen LogP contribution in [-0.4, -0.2) is 31.2 Å². The van der Waals surface area contributed by atoms with Gasteiger partial charge in [-0.1, -0.05) is 36.8 Å². The van der Waals surface area contributed by atoms with E-state index < -0.39 is 9.84 Å². The van der Waals surface area contributed by atoms with Crippen molar-refractivity contribution in [2.75, 3.05) is 11.1 Å². The molecule has 0 aliphatic carbocycles. The fourth-order valence-corrected chi connectivity index (χ4v) is 5.28. The summed E-state index contributed by atoms with van der Waals surface area (Å²) in [6, 6.07) is 12.5. The van der Waals surface area contributed by atoms with Gasteiger partial charge in [0.1, 0.15) is 0 Å². The van der Waals surface area contributed by atoms with Crippen LogP contribution >= 0.6 is 11.8 Å². The number of carbonyl (C=O) groups excluding carboxylic acids is 2. The van der Waals surface area contributed by atoms with Gasteiger partial charge >= 0.3 is 0 Å². The number of amides is 2. The summed E-state index contributed by atoms with van der Waals surface area (Å²) in [4.78, 5) is 25.0. The summed E-state index contributed by atoms with van der Waals surface area (Å²) >= 11 is 1.54. The Bertz CT molecular complexity index is 1020. The van der Waals surface area contributed by atoms with Gasteiger partial charge in [0.2, 0.25) is 11.8 Å². The SMILES string of the molecule is Cc1ccc(CNC(=O)CCS(=O)(=O)c2ccc3c(c2)NC(=O)CC(C)S3)cc1. The van der Waals surface area contributed by atoms with Crippen LogP contribution < -0.4 is 10.6 Å². The van der Waals surface area contributed by atoms with Crippen LogP contribution in [0.3, 0.4) is 0 Å². The number of hydrogen-bond donors (Lipinski definition) is 2. The smallest absolute Gasteiger partial charge is 0.225 e. The highest BCUT2D eigenvalue weighted by molar-refractivity contribution is 8.00. The topological polar surface area (TPSA) is 92.3 Å². The fraction of sp³-hybridized carbons (Fsp3) is 0.333. The molecular weight excluding hydrogens is 408 g/mol. The average molecular weight is 433 g/mol. The van der Waals surface area contributed by atoms with E-state index in [-0.39, 0.29) is 34.1 Å². The molecule has 1 aliphatic rings. The van der Waals surface area contributed by atoms with E-state index >= 15 is 0 Å². The van der Waals surface area contributed by atoms with E-state index in [1.807, 2.05) is 38.1 Å². The maximum absolute atomic E-state index is 12.7. The third-order valence-electron chi connectivity index (χ3n) is 4.59. The number of aryl methyl sites for hydroxylation is 1. The summed E-state index contributed by atoms with van der Waals surface area (Å²) in [5, 5.41) is 5.64. The molecule has 0 bridgehead atoms. The zero-order valence-electron chi connectivity index (χ0n) is 16.4. The molecule has 0 spiro atoms. The monoisotopic (exact) mass is 432 g/mol. The lowest BCUT2D eigenvalue weighted by Gasteiger charge is -2.11. The molecule has 2 aromatic carbocycles. The van der Waals surface area contributed by atoms with E-state index in [1.54, 1.807) is 6.07 Å². The molecule has 2 N–H and O–H groups in total. The number of fused-ring (bicyclic) bond motifs is 1. The first-order valence-corrected chi connectivity index (χ1v) is 11.9. The van der Waals surface area contributed by atoms with Crippen LogP contribution in [0.1, 0.15) is 30.9 Å². The van der Waals surface area contributed by atoms with Gasteiger partial charge in [0.05, 0.1) is 16.3 Å². The molecule has 154 valence electrons. The molecule has 8 heteroatoms. The van der Waals surface area contributed by atoms with Crippen molar-refractivity contribution in [3.05, 3.63) is 53.6 Å². The molecule has 0 fully saturated rings. The molecule has 1 atom stereocenters. The normalized spacial score (nSPS) is 16.5. The Morgan fingerprint density at radius 1 is 1.21 bits per heavy atom. The number of hydrogen-bond acceptors (Lipinski definition) is 5. The molecule has 0 saturated carbocycles. The molecule has 0 aromatic heterocycles. The Labute approximate surface area is 175 Å². The van der Waals surface area contributed by atoms with Crippen LogP contribution in [-0.2, 0) is 26.0 Å². The van der Waals surface area contributed by atoms with Gasteiger partial charge in [-0.25, -0.2) is 8.42 Å². The summed E-state index contributed by atoms with van der Waals surface area (Å²) in [6.07, 6.45) is 0.256. The predicted molar refractivity (Wildman–Crippen MR) is 115 cm³/mol. The summed E-state index contributed by atoms with van der Waals surface area (Å²) in [6.45, 7) is 4.30. The summed E-state index contributed by atoms with van der Waals surface area (Å²) in [5.41, 5.74) is 2.60. The van der Waals surface area contributed by atoms with Crippen LogP contribution in [0, 0.1) is 6.92 Å². The minimum absolute atomic E-state index is 0.109. The largest absolute Gasteiger partial charge is 0.352 e. The lowest BCUT2D eigenvalue weighted by atomic mass is 10.1. The summed E-state index contributed by atoms with van der Waals surface area (Å²) in [5.74, 6) is -0.737. The van der Waals surface area contributed by atoms with Crippen molar-refractivity contribution in [2.45, 2.75) is 48.3 Å². The molecular formula is C21H24N2O4S2. The molecule has 1 heterocycles. The van der Waals surface area contributed by atoms with Crippen molar-refractivity contribution >= 4 is 39.1 Å². The van der Waals surface area contributed by atoms with Crippen molar-refractivity contribution in [2.24, 2.45) is 0 Å². The number of carbonyl (C=O) groups is 2. The van der Waals surface area contributed by atoms with E-state index in [4.69, 9.17) is 0 Å². The number of thioether (sulfide) groups is 1. The number of nitrogens with one attached hydrogen (secondary N) is 2. The molecule has 0 saturated heterocycles. The molecule has 1 unspecified atom stereocenters. The lowest BCUT2D eigenvalue weighted by Crippen LogP contribution is -2.25. The van der Waals surface area contributed by atoms with E-state index in [2.05, 4.69) is 10.6 Å². The average Bonchev–Trinajstić information content (AvgIpc) is 2.81. The Morgan fingerprint density at radius 2 is 1.93 bits per heavy atom. The lowest BCUT2D eigenvalue weighted by molar-refractivity contribution is -0.121. The third-order valence-corrected chi connectivity index (χ3v) is 7.49. The van der Waals surface area contributed by atoms with Crippen molar-refractivity contribution in [3.63, 3.8) is 0 Å². The van der Waals surface area contributed by atoms with Gasteiger partial charge in [-0.05, 0) is 30.7 Å². The van der Waals surface area contributed by atoms with Crippen molar-refractivity contribution in [3.8, 4) is 0 Å². The molecule has 2 amide bonds. The second-order valence-corrected chi connectivity index (χ2v) is 10.8. The third kappa shape index (κ3) is 5.83. The Morgan fingerprint density at radius 3 is 2.66 bits per heavy atom. The van der Waals surface area contributed by atoms with Gasteiger partial charge in [0, 0.05) is 29.5 Å². The van der Waals surface area contributed by atoms with Crippen LogP contribution in [0.4, 0.5) is 5.69 Å². The van der Waals surface area contributed by atoms with Crippen LogP contribution in [0.2, 0.25) is 0 Å². The molecule has 3 rings (SSSR count). The summed E-state index contributed by atoms with van der Waals surface area (Å²) < 4.78 is 25.3. The second kappa shape index (κ2) is 9.00. The van der Waals surface area contributed by atoms with Gasteiger partial charge in [-0.2, -0.15) is 0 Å². The van der Waals surface area contributed by atoms with Gasteiger partial charge in [0.15, 0.2) is 9.84 Å². The number of anilines is 1. The van der Waals surface area contributed by atoms with E-state index in [0.29, 0.717) is 18.7 Å². The van der Waals surface area contributed by atoms with Crippen LogP contribution in [0.15, 0.2) is 52.3 Å². The van der Waals surface area contributed by atoms with Gasteiger partial charge < -0.3 is 10.6 Å². The molecule has 1 aliphatic heterocycles. The zero-order chi connectivity index (χ0) is 21.0. The van der Waals surface area contributed by atoms with Gasteiger partial charge in [-0.3, -0.25) is 9.59 Å². The maximum atomic E-state index is 12.7. The van der Waals surface area contributed by atoms with Crippen molar-refractivity contribution < 1.29 is 18.0 Å². The minimum atomic E-state index is -3.64. The molecule has 0 radical (unpaired) electrons. The predicted octanol–water partition coefficient (Wildman–Crippen LogP) is 3.30. The van der Waals surface area contributed by atoms with E-state index in [0.717, 1.165) is 16.0 Å². The van der Waals surface area contributed by atoms with Crippen LogP contribution in [0.5, 0.6) is 0 Å². The highest BCUT2D eigenvalue weighted by Gasteiger charge is 2.22. The molecule has 29 heavy (non-hydrogen) atoms. The molecule has 6 nitrogen and oxygen atoms in total. The van der Waals surface area contributed by atoms with Crippen molar-refractivity contribution in [1.82, 2.24) is 5.32 Å². The van der Waals surface area contributed by atoms with Crippen molar-refractivity contribution in [1.29, 1.82) is 0 Å².